The van der Waals surface area contributed by atoms with E-state index in [1.54, 1.807) is 0 Å². The van der Waals surface area contributed by atoms with Crippen LogP contribution in [0.4, 0.5) is 0 Å². The largest absolute Gasteiger partial charge is 0.381 e. The third kappa shape index (κ3) is 0.878. The predicted octanol–water partition coefficient (Wildman–Crippen LogP) is 2.07. The molecule has 4 aliphatic carbocycles. The molecule has 0 aromatic heterocycles. The monoisotopic (exact) mass is 206 g/mol. The van der Waals surface area contributed by atoms with Gasteiger partial charge < -0.3 is 5.11 Å². The van der Waals surface area contributed by atoms with E-state index in [0.29, 0.717) is 12.3 Å². The van der Waals surface area contributed by atoms with Crippen molar-refractivity contribution in [3.8, 4) is 0 Å². The van der Waals surface area contributed by atoms with Crippen LogP contribution in [-0.2, 0) is 4.79 Å². The Morgan fingerprint density at radius 1 is 1.53 bits per heavy atom. The SMILES string of the molecule is CC1=CC[C@]2(O)C(=O)[C@H]3CC[C@@]2(C)[C@H]1C3. The quantitative estimate of drug-likeness (QED) is 0.616. The number of Topliss-reactive ketones (excluding diaryl/α,β-unsaturated/α-hetero) is 1. The van der Waals surface area contributed by atoms with Gasteiger partial charge in [0.05, 0.1) is 0 Å². The molecule has 0 unspecified atom stereocenters. The van der Waals surface area contributed by atoms with Crippen molar-refractivity contribution in [3.05, 3.63) is 11.6 Å². The first-order valence-electron chi connectivity index (χ1n) is 5.92. The number of carbonyl (C=O) groups excluding carboxylic acids is 1. The van der Waals surface area contributed by atoms with Crippen LogP contribution in [0.5, 0.6) is 0 Å². The summed E-state index contributed by atoms with van der Waals surface area (Å²) in [5.41, 5.74) is 0.162. The summed E-state index contributed by atoms with van der Waals surface area (Å²) in [4.78, 5) is 12.2. The second kappa shape index (κ2) is 2.54. The first kappa shape index (κ1) is 9.59. The molecule has 0 aromatic carbocycles. The lowest BCUT2D eigenvalue weighted by molar-refractivity contribution is -0.190. The second-order valence-corrected chi connectivity index (χ2v) is 5.82. The van der Waals surface area contributed by atoms with Crippen LogP contribution in [0, 0.1) is 17.3 Å². The molecule has 4 aliphatic rings. The Bertz CT molecular complexity index is 371. The molecule has 0 aromatic rings. The maximum atomic E-state index is 12.2. The van der Waals surface area contributed by atoms with E-state index in [0.717, 1.165) is 19.3 Å². The zero-order valence-corrected chi connectivity index (χ0v) is 9.42. The summed E-state index contributed by atoms with van der Waals surface area (Å²) in [5, 5.41) is 10.6. The molecule has 2 nitrogen and oxygen atoms in total. The lowest BCUT2D eigenvalue weighted by Crippen LogP contribution is -2.66. The van der Waals surface area contributed by atoms with E-state index in [4.69, 9.17) is 0 Å². The van der Waals surface area contributed by atoms with Crippen molar-refractivity contribution in [2.75, 3.05) is 0 Å². The minimum atomic E-state index is -1.04. The van der Waals surface area contributed by atoms with Crippen LogP contribution < -0.4 is 0 Å². The number of rotatable bonds is 0. The topological polar surface area (TPSA) is 37.3 Å². The fourth-order valence-corrected chi connectivity index (χ4v) is 4.14. The van der Waals surface area contributed by atoms with Gasteiger partial charge in [-0.3, -0.25) is 4.79 Å². The summed E-state index contributed by atoms with van der Waals surface area (Å²) in [6.45, 7) is 4.27. The maximum absolute atomic E-state index is 12.2. The zero-order chi connectivity index (χ0) is 10.8. The third-order valence-corrected chi connectivity index (χ3v) is 5.29. The molecule has 4 rings (SSSR count). The molecule has 4 bridgehead atoms. The standard InChI is InChI=1S/C13H18O2/c1-8-3-6-13(15)11(14)9-4-5-12(13,2)10(8)7-9/h3,9-10,15H,4-7H2,1-2H3/t9-,10-,12-,13-/m0/s1. The molecule has 1 N–H and O–H groups in total. The highest BCUT2D eigenvalue weighted by Gasteiger charge is 2.65. The van der Waals surface area contributed by atoms with Crippen molar-refractivity contribution in [3.63, 3.8) is 0 Å². The van der Waals surface area contributed by atoms with Gasteiger partial charge in [0.25, 0.3) is 0 Å². The Morgan fingerprint density at radius 3 is 3.00 bits per heavy atom. The molecule has 0 aliphatic heterocycles. The maximum Gasteiger partial charge on any atom is 0.168 e. The molecule has 0 radical (unpaired) electrons. The zero-order valence-electron chi connectivity index (χ0n) is 9.42. The highest BCUT2D eigenvalue weighted by Crippen LogP contribution is 2.62. The third-order valence-electron chi connectivity index (χ3n) is 5.29. The highest BCUT2D eigenvalue weighted by molar-refractivity contribution is 5.92. The molecule has 82 valence electrons. The fourth-order valence-electron chi connectivity index (χ4n) is 4.14. The smallest absolute Gasteiger partial charge is 0.168 e. The normalized spacial score (nSPS) is 53.0. The molecular weight excluding hydrogens is 188 g/mol. The predicted molar refractivity (Wildman–Crippen MR) is 57.3 cm³/mol. The van der Waals surface area contributed by atoms with E-state index in [1.807, 2.05) is 0 Å². The van der Waals surface area contributed by atoms with Gasteiger partial charge in [-0.2, -0.15) is 0 Å². The number of aliphatic hydroxyl groups is 1. The van der Waals surface area contributed by atoms with Gasteiger partial charge in [0.2, 0.25) is 0 Å². The molecule has 0 heterocycles. The summed E-state index contributed by atoms with van der Waals surface area (Å²) >= 11 is 0. The molecule has 3 saturated carbocycles. The summed E-state index contributed by atoms with van der Waals surface area (Å²) in [7, 11) is 0. The molecule has 0 amide bonds. The Kier molecular flexibility index (Phi) is 1.62. The first-order valence-corrected chi connectivity index (χ1v) is 5.92. The molecule has 2 heteroatoms. The van der Waals surface area contributed by atoms with Gasteiger partial charge in [-0.25, -0.2) is 0 Å². The Morgan fingerprint density at radius 2 is 2.27 bits per heavy atom. The van der Waals surface area contributed by atoms with Gasteiger partial charge in [-0.15, -0.1) is 0 Å². The average molecular weight is 206 g/mol. The van der Waals surface area contributed by atoms with Crippen LogP contribution in [0.1, 0.15) is 39.5 Å². The lowest BCUT2D eigenvalue weighted by Gasteiger charge is -2.61. The molecule has 3 fully saturated rings. The molecule has 15 heavy (non-hydrogen) atoms. The number of ketones is 1. The Balaban J connectivity index is 2.19. The van der Waals surface area contributed by atoms with Crippen molar-refractivity contribution < 1.29 is 9.90 Å². The number of fused-ring (bicyclic) bond motifs is 1. The van der Waals surface area contributed by atoms with E-state index in [-0.39, 0.29) is 17.1 Å². The van der Waals surface area contributed by atoms with Crippen molar-refractivity contribution in [2.45, 2.75) is 45.1 Å². The minimum Gasteiger partial charge on any atom is -0.381 e. The number of hydrogen-bond acceptors (Lipinski definition) is 2. The molecule has 0 spiro atoms. The second-order valence-electron chi connectivity index (χ2n) is 5.82. The van der Waals surface area contributed by atoms with Gasteiger partial charge in [0, 0.05) is 17.8 Å². The van der Waals surface area contributed by atoms with Gasteiger partial charge >= 0.3 is 0 Å². The number of hydrogen-bond donors (Lipinski definition) is 1. The Labute approximate surface area is 90.4 Å². The summed E-state index contributed by atoms with van der Waals surface area (Å²) in [5.74, 6) is 0.689. The minimum absolute atomic E-state index is 0.122. The first-order chi connectivity index (χ1) is 6.99. The number of allylic oxidation sites excluding steroid dienone is 1. The summed E-state index contributed by atoms with van der Waals surface area (Å²) in [6, 6.07) is 0. The molecule has 0 saturated heterocycles. The van der Waals surface area contributed by atoms with Gasteiger partial charge in [-0.05, 0) is 32.1 Å². The van der Waals surface area contributed by atoms with E-state index >= 15 is 0 Å². The highest BCUT2D eigenvalue weighted by atomic mass is 16.3. The lowest BCUT2D eigenvalue weighted by atomic mass is 9.44. The van der Waals surface area contributed by atoms with Gasteiger partial charge in [0.1, 0.15) is 5.60 Å². The van der Waals surface area contributed by atoms with Crippen LogP contribution in [0.15, 0.2) is 11.6 Å². The van der Waals surface area contributed by atoms with E-state index in [1.165, 1.54) is 5.57 Å². The van der Waals surface area contributed by atoms with Crippen LogP contribution in [0.2, 0.25) is 0 Å². The fraction of sp³-hybridized carbons (Fsp3) is 0.769. The van der Waals surface area contributed by atoms with Crippen LogP contribution in [-0.4, -0.2) is 16.5 Å². The number of carbonyl (C=O) groups is 1. The van der Waals surface area contributed by atoms with E-state index in [9.17, 15) is 9.90 Å². The van der Waals surface area contributed by atoms with E-state index in [2.05, 4.69) is 19.9 Å². The van der Waals surface area contributed by atoms with Crippen LogP contribution >= 0.6 is 0 Å². The van der Waals surface area contributed by atoms with Crippen LogP contribution in [0.25, 0.3) is 0 Å². The van der Waals surface area contributed by atoms with Crippen molar-refractivity contribution in [1.29, 1.82) is 0 Å². The van der Waals surface area contributed by atoms with Crippen molar-refractivity contribution >= 4 is 5.78 Å². The van der Waals surface area contributed by atoms with Gasteiger partial charge in [-0.1, -0.05) is 18.6 Å². The van der Waals surface area contributed by atoms with Crippen molar-refractivity contribution in [1.82, 2.24) is 0 Å². The van der Waals surface area contributed by atoms with Crippen molar-refractivity contribution in [2.24, 2.45) is 17.3 Å². The Hall–Kier alpha value is -0.630. The molecular formula is C13H18O2. The summed E-state index contributed by atoms with van der Waals surface area (Å²) in [6.07, 6.45) is 5.59. The molecule has 4 atom stereocenters. The van der Waals surface area contributed by atoms with E-state index < -0.39 is 5.60 Å². The average Bonchev–Trinajstić information content (AvgIpc) is 2.21. The van der Waals surface area contributed by atoms with Gasteiger partial charge in [0.15, 0.2) is 5.78 Å². The summed E-state index contributed by atoms with van der Waals surface area (Å²) < 4.78 is 0. The van der Waals surface area contributed by atoms with Crippen LogP contribution in [0.3, 0.4) is 0 Å².